The molecule has 190 valence electrons. The third kappa shape index (κ3) is 3.75. The first kappa shape index (κ1) is 22.9. The molecule has 8 nitrogen and oxygen atoms in total. The molecular formula is C28H31N7OS. The molecule has 1 aromatic carbocycles. The summed E-state index contributed by atoms with van der Waals surface area (Å²) in [5.41, 5.74) is 6.36. The minimum absolute atomic E-state index is 0.246. The molecule has 1 spiro atoms. The number of aliphatic imine (C=N–C) groups is 1. The van der Waals surface area contributed by atoms with Gasteiger partial charge in [0.1, 0.15) is 23.1 Å². The quantitative estimate of drug-likeness (QED) is 0.431. The zero-order valence-corrected chi connectivity index (χ0v) is 22.3. The number of thiophene rings is 1. The Morgan fingerprint density at radius 1 is 1.08 bits per heavy atom. The number of benzene rings is 1. The second kappa shape index (κ2) is 8.63. The molecule has 0 bridgehead atoms. The van der Waals surface area contributed by atoms with Crippen molar-refractivity contribution >= 4 is 22.7 Å². The van der Waals surface area contributed by atoms with Gasteiger partial charge >= 0.3 is 0 Å². The number of rotatable bonds is 4. The van der Waals surface area contributed by atoms with Crippen molar-refractivity contribution in [1.29, 1.82) is 0 Å². The van der Waals surface area contributed by atoms with Crippen molar-refractivity contribution < 1.29 is 4.42 Å². The van der Waals surface area contributed by atoms with E-state index in [1.807, 2.05) is 6.92 Å². The van der Waals surface area contributed by atoms with Gasteiger partial charge in [0.15, 0.2) is 11.7 Å². The van der Waals surface area contributed by atoms with Gasteiger partial charge in [-0.1, -0.05) is 12.1 Å². The minimum atomic E-state index is -0.246. The molecule has 4 aromatic rings. The topological polar surface area (TPSA) is 84.4 Å². The van der Waals surface area contributed by atoms with Crippen LogP contribution in [0.5, 0.6) is 0 Å². The van der Waals surface area contributed by atoms with Gasteiger partial charge in [-0.15, -0.1) is 21.5 Å². The van der Waals surface area contributed by atoms with E-state index < -0.39 is 0 Å². The molecule has 3 aromatic heterocycles. The van der Waals surface area contributed by atoms with E-state index >= 15 is 0 Å². The lowest BCUT2D eigenvalue weighted by molar-refractivity contribution is 0.150. The summed E-state index contributed by atoms with van der Waals surface area (Å²) in [5, 5.41) is 13.6. The zero-order valence-electron chi connectivity index (χ0n) is 21.5. The summed E-state index contributed by atoms with van der Waals surface area (Å²) in [5.74, 6) is 2.35. The Balaban J connectivity index is 1.27. The number of hydrogen-bond acceptors (Lipinski definition) is 8. The van der Waals surface area contributed by atoms with Gasteiger partial charge in [0.2, 0.25) is 0 Å². The highest BCUT2D eigenvalue weighted by atomic mass is 32.1. The summed E-state index contributed by atoms with van der Waals surface area (Å²) in [6.07, 6.45) is 6.39. The largest absolute Gasteiger partial charge is 0.449 e. The molecule has 9 heteroatoms. The Labute approximate surface area is 220 Å². The third-order valence-corrected chi connectivity index (χ3v) is 9.51. The van der Waals surface area contributed by atoms with Crippen LogP contribution in [0, 0.1) is 26.2 Å². The maximum atomic E-state index is 5.60. The Kier molecular flexibility index (Phi) is 5.33. The summed E-state index contributed by atoms with van der Waals surface area (Å²) >= 11 is 1.78. The number of hydrogen-bond donors (Lipinski definition) is 1. The number of piperidine rings is 1. The van der Waals surface area contributed by atoms with Gasteiger partial charge in [0.05, 0.1) is 18.3 Å². The number of nitrogens with one attached hydrogen (secondary N) is 1. The first-order valence-corrected chi connectivity index (χ1v) is 13.9. The number of aromatic nitrogens is 4. The molecule has 2 saturated heterocycles. The monoisotopic (exact) mass is 513 g/mol. The van der Waals surface area contributed by atoms with Crippen LogP contribution >= 0.6 is 11.3 Å². The van der Waals surface area contributed by atoms with Crippen molar-refractivity contribution in [2.24, 2.45) is 10.4 Å². The van der Waals surface area contributed by atoms with Gasteiger partial charge in [-0.05, 0) is 64.4 Å². The van der Waals surface area contributed by atoms with Gasteiger partial charge in [0, 0.05) is 40.2 Å². The number of fused-ring (bicyclic) bond motifs is 3. The first-order chi connectivity index (χ1) is 18.0. The maximum absolute atomic E-state index is 5.60. The van der Waals surface area contributed by atoms with Crippen LogP contribution in [-0.4, -0.2) is 51.6 Å². The van der Waals surface area contributed by atoms with Crippen molar-refractivity contribution in [2.45, 2.75) is 46.1 Å². The number of anilines is 1. The van der Waals surface area contributed by atoms with Crippen LogP contribution in [0.1, 0.15) is 58.0 Å². The molecule has 0 aliphatic carbocycles. The molecule has 3 aliphatic rings. The van der Waals surface area contributed by atoms with Crippen LogP contribution in [0.25, 0.3) is 5.00 Å². The van der Waals surface area contributed by atoms with E-state index in [1.165, 1.54) is 34.5 Å². The standard InChI is InChI=1S/C28H31N7OS/c1-17-18(2)37-27-24(17)25(31-22(14-23-30-12-13-36-23)26-33-32-19(3)35(26)27)20-4-6-21(7-5-20)34-15-28(16-34)8-10-29-11-9-28/h4-7,12-13,22,29H,8-11,14-16H2,1-3H3/t22-/m0/s1. The van der Waals surface area contributed by atoms with Crippen molar-refractivity contribution in [3.63, 3.8) is 0 Å². The fourth-order valence-electron chi connectivity index (χ4n) is 6.09. The van der Waals surface area contributed by atoms with E-state index in [0.29, 0.717) is 17.7 Å². The molecule has 37 heavy (non-hydrogen) atoms. The van der Waals surface area contributed by atoms with Crippen LogP contribution in [0.4, 0.5) is 5.69 Å². The lowest BCUT2D eigenvalue weighted by Gasteiger charge is -2.53. The van der Waals surface area contributed by atoms with Gasteiger partial charge in [0.25, 0.3) is 0 Å². The maximum Gasteiger partial charge on any atom is 0.196 e. The highest BCUT2D eigenvalue weighted by Gasteiger charge is 2.43. The number of aryl methyl sites for hydroxylation is 2. The van der Waals surface area contributed by atoms with Crippen LogP contribution < -0.4 is 10.2 Å². The fourth-order valence-corrected chi connectivity index (χ4v) is 7.31. The number of oxazole rings is 1. The molecule has 2 fully saturated rings. The lowest BCUT2D eigenvalue weighted by atomic mass is 9.72. The smallest absolute Gasteiger partial charge is 0.196 e. The molecule has 0 unspecified atom stereocenters. The molecule has 3 aliphatic heterocycles. The summed E-state index contributed by atoms with van der Waals surface area (Å²) < 4.78 is 7.78. The Bertz CT molecular complexity index is 1470. The zero-order chi connectivity index (χ0) is 25.1. The van der Waals surface area contributed by atoms with Crippen molar-refractivity contribution in [2.75, 3.05) is 31.1 Å². The molecule has 1 N–H and O–H groups in total. The summed E-state index contributed by atoms with van der Waals surface area (Å²) in [6.45, 7) is 11.0. The Hall–Kier alpha value is -3.30. The van der Waals surface area contributed by atoms with E-state index in [4.69, 9.17) is 9.41 Å². The van der Waals surface area contributed by atoms with E-state index in [9.17, 15) is 0 Å². The molecular weight excluding hydrogens is 482 g/mol. The van der Waals surface area contributed by atoms with E-state index in [1.54, 1.807) is 23.8 Å². The highest BCUT2D eigenvalue weighted by Crippen LogP contribution is 2.42. The van der Waals surface area contributed by atoms with Crippen molar-refractivity contribution in [3.8, 4) is 5.00 Å². The highest BCUT2D eigenvalue weighted by molar-refractivity contribution is 7.15. The first-order valence-electron chi connectivity index (χ1n) is 13.1. The molecule has 0 saturated carbocycles. The minimum Gasteiger partial charge on any atom is -0.449 e. The normalized spacial score (nSPS) is 20.2. The third-order valence-electron chi connectivity index (χ3n) is 8.31. The SMILES string of the molecule is Cc1sc2c(c1C)C(c1ccc(N3CC4(CCNCC4)C3)cc1)=N[C@@H](Cc1ncco1)c1nnc(C)n1-2. The Morgan fingerprint density at radius 3 is 2.59 bits per heavy atom. The predicted molar refractivity (Wildman–Crippen MR) is 145 cm³/mol. The Morgan fingerprint density at radius 2 is 1.86 bits per heavy atom. The molecule has 1 atom stereocenters. The molecule has 0 amide bonds. The van der Waals surface area contributed by atoms with E-state index in [2.05, 4.69) is 68.1 Å². The van der Waals surface area contributed by atoms with Crippen LogP contribution in [-0.2, 0) is 6.42 Å². The van der Waals surface area contributed by atoms with E-state index in [0.717, 1.165) is 54.1 Å². The van der Waals surface area contributed by atoms with Crippen LogP contribution in [0.15, 0.2) is 46.1 Å². The summed E-state index contributed by atoms with van der Waals surface area (Å²) in [7, 11) is 0. The lowest BCUT2D eigenvalue weighted by Crippen LogP contribution is -2.60. The van der Waals surface area contributed by atoms with Gasteiger partial charge in [-0.2, -0.15) is 0 Å². The van der Waals surface area contributed by atoms with Gasteiger partial charge in [-0.25, -0.2) is 4.98 Å². The second-order valence-corrected chi connectivity index (χ2v) is 11.9. The molecule has 7 rings (SSSR count). The summed E-state index contributed by atoms with van der Waals surface area (Å²) in [6, 6.07) is 8.75. The van der Waals surface area contributed by atoms with Crippen molar-refractivity contribution in [1.82, 2.24) is 25.1 Å². The second-order valence-electron chi connectivity index (χ2n) is 10.7. The molecule has 6 heterocycles. The average Bonchev–Trinajstić information content (AvgIpc) is 3.59. The predicted octanol–water partition coefficient (Wildman–Crippen LogP) is 4.57. The molecule has 0 radical (unpaired) electrons. The number of nitrogens with zero attached hydrogens (tertiary/aromatic N) is 6. The average molecular weight is 514 g/mol. The van der Waals surface area contributed by atoms with Crippen molar-refractivity contribution in [3.05, 3.63) is 75.8 Å². The van der Waals surface area contributed by atoms with Gasteiger partial charge < -0.3 is 14.6 Å². The van der Waals surface area contributed by atoms with Gasteiger partial charge in [-0.3, -0.25) is 9.56 Å². The fraction of sp³-hybridized carbons (Fsp3) is 0.429. The van der Waals surface area contributed by atoms with Crippen LogP contribution in [0.3, 0.4) is 0 Å². The summed E-state index contributed by atoms with van der Waals surface area (Å²) in [4.78, 5) is 13.5. The van der Waals surface area contributed by atoms with E-state index in [-0.39, 0.29) is 6.04 Å². The van der Waals surface area contributed by atoms with Crippen LogP contribution in [0.2, 0.25) is 0 Å².